The molecular formula is C19H28IN3O3. The molecule has 1 aromatic rings. The van der Waals surface area contributed by atoms with Crippen LogP contribution in [0.4, 0.5) is 0 Å². The maximum atomic E-state index is 5.46. The number of halogens is 1. The highest BCUT2D eigenvalue weighted by Gasteiger charge is 2.14. The topological polar surface area (TPSA) is 55.3 Å². The molecule has 0 fully saturated rings. The SMILES string of the molecule is CCNC(=NCCC1=CCOCC1)N(C)Cc1ccc2c(c1)OCO2.I. The van der Waals surface area contributed by atoms with Crippen LogP contribution < -0.4 is 14.8 Å². The van der Waals surface area contributed by atoms with Crippen molar-refractivity contribution >= 4 is 29.9 Å². The van der Waals surface area contributed by atoms with Gasteiger partial charge >= 0.3 is 0 Å². The van der Waals surface area contributed by atoms with E-state index in [0.717, 1.165) is 63.1 Å². The molecule has 0 radical (unpaired) electrons. The Bertz CT molecular complexity index is 649. The molecule has 1 N–H and O–H groups in total. The molecular weight excluding hydrogens is 445 g/mol. The van der Waals surface area contributed by atoms with E-state index in [1.807, 2.05) is 12.1 Å². The number of hydrogen-bond donors (Lipinski definition) is 1. The lowest BCUT2D eigenvalue weighted by Gasteiger charge is -2.22. The van der Waals surface area contributed by atoms with E-state index in [9.17, 15) is 0 Å². The Kier molecular flexibility index (Phi) is 8.50. The van der Waals surface area contributed by atoms with Gasteiger partial charge in [0.05, 0.1) is 13.2 Å². The summed E-state index contributed by atoms with van der Waals surface area (Å²) < 4.78 is 16.2. The zero-order valence-corrected chi connectivity index (χ0v) is 17.8. The van der Waals surface area contributed by atoms with Crippen LogP contribution in [0.2, 0.25) is 0 Å². The lowest BCUT2D eigenvalue weighted by atomic mass is 10.1. The largest absolute Gasteiger partial charge is 0.454 e. The second-order valence-electron chi connectivity index (χ2n) is 6.22. The fraction of sp³-hybridized carbons (Fsp3) is 0.526. The number of aliphatic imine (C=N–C) groups is 1. The molecule has 3 rings (SSSR count). The molecule has 0 atom stereocenters. The van der Waals surface area contributed by atoms with Crippen molar-refractivity contribution in [2.24, 2.45) is 4.99 Å². The third kappa shape index (κ3) is 5.77. The summed E-state index contributed by atoms with van der Waals surface area (Å²) in [6.07, 6.45) is 4.21. The van der Waals surface area contributed by atoms with Gasteiger partial charge in [-0.2, -0.15) is 0 Å². The minimum Gasteiger partial charge on any atom is -0.454 e. The van der Waals surface area contributed by atoms with E-state index in [-0.39, 0.29) is 24.0 Å². The summed E-state index contributed by atoms with van der Waals surface area (Å²) in [6.45, 7) is 6.37. The van der Waals surface area contributed by atoms with Gasteiger partial charge in [0.25, 0.3) is 0 Å². The van der Waals surface area contributed by atoms with Gasteiger partial charge in [-0.1, -0.05) is 17.7 Å². The van der Waals surface area contributed by atoms with Crippen molar-refractivity contribution in [3.8, 4) is 11.5 Å². The molecule has 1 aromatic carbocycles. The number of rotatable bonds is 6. The first-order valence-electron chi connectivity index (χ1n) is 8.90. The Balaban J connectivity index is 0.00000243. The van der Waals surface area contributed by atoms with Crippen LogP contribution in [0.25, 0.3) is 0 Å². The molecule has 144 valence electrons. The highest BCUT2D eigenvalue weighted by atomic mass is 127. The highest BCUT2D eigenvalue weighted by molar-refractivity contribution is 14.0. The molecule has 0 spiro atoms. The van der Waals surface area contributed by atoms with Crippen molar-refractivity contribution < 1.29 is 14.2 Å². The zero-order valence-electron chi connectivity index (χ0n) is 15.5. The smallest absolute Gasteiger partial charge is 0.231 e. The molecule has 2 aliphatic rings. The summed E-state index contributed by atoms with van der Waals surface area (Å²) in [4.78, 5) is 6.91. The molecule has 0 aliphatic carbocycles. The van der Waals surface area contributed by atoms with E-state index in [0.29, 0.717) is 6.79 Å². The number of nitrogens with zero attached hydrogens (tertiary/aromatic N) is 2. The van der Waals surface area contributed by atoms with Crippen molar-refractivity contribution in [1.82, 2.24) is 10.2 Å². The quantitative estimate of drug-likeness (QED) is 0.298. The molecule has 0 bridgehead atoms. The van der Waals surface area contributed by atoms with Crippen LogP contribution in [0.5, 0.6) is 11.5 Å². The van der Waals surface area contributed by atoms with Gasteiger partial charge in [0.15, 0.2) is 17.5 Å². The molecule has 26 heavy (non-hydrogen) atoms. The van der Waals surface area contributed by atoms with E-state index in [1.54, 1.807) is 0 Å². The minimum absolute atomic E-state index is 0. The minimum atomic E-state index is 0. The summed E-state index contributed by atoms with van der Waals surface area (Å²) in [5.41, 5.74) is 2.62. The molecule has 0 saturated heterocycles. The first-order chi connectivity index (χ1) is 12.3. The number of benzene rings is 1. The van der Waals surface area contributed by atoms with Gasteiger partial charge in [0, 0.05) is 26.7 Å². The standard InChI is InChI=1S/C19H27N3O3.HI/c1-3-20-19(21-9-6-15-7-10-23-11-8-15)22(2)13-16-4-5-17-18(12-16)25-14-24-17;/h4-5,7,12H,3,6,8-11,13-14H2,1-2H3,(H,20,21);1H. The van der Waals surface area contributed by atoms with Crippen LogP contribution in [0.1, 0.15) is 25.3 Å². The molecule has 0 amide bonds. The molecule has 7 heteroatoms. The van der Waals surface area contributed by atoms with Crippen LogP contribution in [-0.4, -0.2) is 51.0 Å². The van der Waals surface area contributed by atoms with Crippen molar-refractivity contribution in [2.45, 2.75) is 26.3 Å². The van der Waals surface area contributed by atoms with Gasteiger partial charge in [-0.3, -0.25) is 4.99 Å². The molecule has 2 aliphatic heterocycles. The van der Waals surface area contributed by atoms with Gasteiger partial charge in [-0.15, -0.1) is 24.0 Å². The lowest BCUT2D eigenvalue weighted by molar-refractivity contribution is 0.153. The number of hydrogen-bond acceptors (Lipinski definition) is 4. The van der Waals surface area contributed by atoms with Crippen LogP contribution in [0.15, 0.2) is 34.8 Å². The maximum Gasteiger partial charge on any atom is 0.231 e. The first kappa shape index (κ1) is 20.8. The van der Waals surface area contributed by atoms with Crippen molar-refractivity contribution in [3.05, 3.63) is 35.4 Å². The maximum absolute atomic E-state index is 5.46. The first-order valence-corrected chi connectivity index (χ1v) is 8.90. The fourth-order valence-corrected chi connectivity index (χ4v) is 2.96. The third-order valence-electron chi connectivity index (χ3n) is 4.31. The van der Waals surface area contributed by atoms with Gasteiger partial charge in [-0.25, -0.2) is 0 Å². The second kappa shape index (κ2) is 10.6. The Hall–Kier alpha value is -1.48. The van der Waals surface area contributed by atoms with Crippen molar-refractivity contribution in [2.75, 3.05) is 40.1 Å². The van der Waals surface area contributed by atoms with Crippen LogP contribution in [-0.2, 0) is 11.3 Å². The molecule has 0 aromatic heterocycles. The van der Waals surface area contributed by atoms with E-state index >= 15 is 0 Å². The monoisotopic (exact) mass is 473 g/mol. The molecule has 0 saturated carbocycles. The lowest BCUT2D eigenvalue weighted by Crippen LogP contribution is -2.38. The van der Waals surface area contributed by atoms with Crippen molar-refractivity contribution in [3.63, 3.8) is 0 Å². The summed E-state index contributed by atoms with van der Waals surface area (Å²) >= 11 is 0. The van der Waals surface area contributed by atoms with Crippen molar-refractivity contribution in [1.29, 1.82) is 0 Å². The highest BCUT2D eigenvalue weighted by Crippen LogP contribution is 2.32. The van der Waals surface area contributed by atoms with Crippen LogP contribution in [0, 0.1) is 0 Å². The number of ether oxygens (including phenoxy) is 3. The Morgan fingerprint density at radius 2 is 2.12 bits per heavy atom. The van der Waals surface area contributed by atoms with Crippen LogP contribution in [0.3, 0.4) is 0 Å². The Morgan fingerprint density at radius 3 is 2.88 bits per heavy atom. The van der Waals surface area contributed by atoms with E-state index < -0.39 is 0 Å². The van der Waals surface area contributed by atoms with Gasteiger partial charge < -0.3 is 24.4 Å². The Morgan fingerprint density at radius 1 is 1.27 bits per heavy atom. The average Bonchev–Trinajstić information content (AvgIpc) is 3.09. The third-order valence-corrected chi connectivity index (χ3v) is 4.31. The average molecular weight is 473 g/mol. The zero-order chi connectivity index (χ0) is 17.5. The number of guanidine groups is 1. The number of fused-ring (bicyclic) bond motifs is 1. The van der Waals surface area contributed by atoms with E-state index in [1.165, 1.54) is 11.1 Å². The van der Waals surface area contributed by atoms with Gasteiger partial charge in [0.1, 0.15) is 0 Å². The number of nitrogens with one attached hydrogen (secondary N) is 1. The molecule has 0 unspecified atom stereocenters. The normalized spacial score (nSPS) is 15.9. The van der Waals surface area contributed by atoms with Crippen LogP contribution >= 0.6 is 24.0 Å². The molecule has 6 nitrogen and oxygen atoms in total. The fourth-order valence-electron chi connectivity index (χ4n) is 2.96. The molecule has 2 heterocycles. The van der Waals surface area contributed by atoms with Gasteiger partial charge in [0.2, 0.25) is 6.79 Å². The summed E-state index contributed by atoms with van der Waals surface area (Å²) in [7, 11) is 2.06. The summed E-state index contributed by atoms with van der Waals surface area (Å²) in [5.74, 6) is 2.56. The summed E-state index contributed by atoms with van der Waals surface area (Å²) in [6, 6.07) is 6.07. The van der Waals surface area contributed by atoms with E-state index in [2.05, 4.69) is 36.3 Å². The summed E-state index contributed by atoms with van der Waals surface area (Å²) in [5, 5.41) is 3.37. The second-order valence-corrected chi connectivity index (χ2v) is 6.22. The predicted molar refractivity (Wildman–Crippen MR) is 114 cm³/mol. The Labute approximate surface area is 172 Å². The van der Waals surface area contributed by atoms with E-state index in [4.69, 9.17) is 19.2 Å². The predicted octanol–water partition coefficient (Wildman–Crippen LogP) is 3.17. The van der Waals surface area contributed by atoms with Gasteiger partial charge in [-0.05, 0) is 37.5 Å².